The number of barbiturate groups is 1. The maximum atomic E-state index is 12.3. The molecule has 1 aromatic carbocycles. The van der Waals surface area contributed by atoms with Crippen LogP contribution in [-0.2, 0) is 9.59 Å². The molecule has 0 bridgehead atoms. The third kappa shape index (κ3) is 5.10. The number of likely N-dealkylation sites (N-methyl/N-ethyl adjacent to an activating group) is 2. The lowest BCUT2D eigenvalue weighted by molar-refractivity contribution is -0.385. The van der Waals surface area contributed by atoms with Crippen molar-refractivity contribution in [2.45, 2.75) is 44.9 Å². The molecular weight excluding hydrogens is 402 g/mol. The molecule has 1 aliphatic carbocycles. The van der Waals surface area contributed by atoms with Gasteiger partial charge in [0.05, 0.1) is 11.5 Å². The van der Waals surface area contributed by atoms with Crippen molar-refractivity contribution in [2.24, 2.45) is 5.92 Å². The number of benzene rings is 1. The summed E-state index contributed by atoms with van der Waals surface area (Å²) in [6, 6.07) is 3.56. The summed E-state index contributed by atoms with van der Waals surface area (Å²) in [5.41, 5.74) is -0.172. The van der Waals surface area contributed by atoms with Gasteiger partial charge < -0.3 is 4.74 Å². The van der Waals surface area contributed by atoms with Gasteiger partial charge in [0, 0.05) is 20.2 Å². The van der Waals surface area contributed by atoms with Crippen LogP contribution in [-0.4, -0.2) is 53.3 Å². The minimum Gasteiger partial charge on any atom is -0.487 e. The number of amides is 4. The van der Waals surface area contributed by atoms with Gasteiger partial charge >= 0.3 is 11.7 Å². The zero-order valence-corrected chi connectivity index (χ0v) is 17.8. The summed E-state index contributed by atoms with van der Waals surface area (Å²) in [7, 11) is 2.54. The van der Waals surface area contributed by atoms with Crippen LogP contribution in [0.4, 0.5) is 10.5 Å². The average molecular weight is 429 g/mol. The number of rotatable bonds is 7. The first-order valence-electron chi connectivity index (χ1n) is 10.5. The minimum absolute atomic E-state index is 0.154. The molecule has 0 aromatic heterocycles. The van der Waals surface area contributed by atoms with Crippen molar-refractivity contribution in [1.82, 2.24) is 9.80 Å². The number of nitro benzene ring substituents is 1. The fourth-order valence-electron chi connectivity index (χ4n) is 4.06. The largest absolute Gasteiger partial charge is 0.487 e. The molecule has 0 unspecified atom stereocenters. The molecule has 0 spiro atoms. The van der Waals surface area contributed by atoms with Gasteiger partial charge in [0.1, 0.15) is 5.57 Å². The topological polar surface area (TPSA) is 110 Å². The highest BCUT2D eigenvalue weighted by atomic mass is 16.6. The summed E-state index contributed by atoms with van der Waals surface area (Å²) >= 11 is 0. The summed E-state index contributed by atoms with van der Waals surface area (Å²) in [4.78, 5) is 49.1. The van der Waals surface area contributed by atoms with Gasteiger partial charge in [0.25, 0.3) is 11.8 Å². The van der Waals surface area contributed by atoms with Crippen molar-refractivity contribution in [3.63, 3.8) is 0 Å². The van der Waals surface area contributed by atoms with Crippen molar-refractivity contribution < 1.29 is 24.0 Å². The van der Waals surface area contributed by atoms with E-state index < -0.39 is 22.8 Å². The van der Waals surface area contributed by atoms with Crippen LogP contribution in [0, 0.1) is 16.0 Å². The Bertz CT molecular complexity index is 894. The van der Waals surface area contributed by atoms with Crippen molar-refractivity contribution in [1.29, 1.82) is 0 Å². The third-order valence-electron chi connectivity index (χ3n) is 5.87. The summed E-state index contributed by atoms with van der Waals surface area (Å²) in [6.45, 7) is 0.395. The highest BCUT2D eigenvalue weighted by molar-refractivity contribution is 6.30. The first-order chi connectivity index (χ1) is 14.8. The van der Waals surface area contributed by atoms with E-state index >= 15 is 0 Å². The van der Waals surface area contributed by atoms with Gasteiger partial charge in [-0.2, -0.15) is 0 Å². The third-order valence-corrected chi connectivity index (χ3v) is 5.87. The minimum atomic E-state index is -0.751. The summed E-state index contributed by atoms with van der Waals surface area (Å²) in [5, 5.41) is 11.5. The van der Waals surface area contributed by atoms with Crippen LogP contribution >= 0.6 is 0 Å². The number of hydrogen-bond donors (Lipinski definition) is 0. The number of urea groups is 1. The van der Waals surface area contributed by atoms with Crippen LogP contribution < -0.4 is 4.74 Å². The Morgan fingerprint density at radius 1 is 1.10 bits per heavy atom. The molecule has 3 rings (SSSR count). The van der Waals surface area contributed by atoms with Gasteiger partial charge in [-0.15, -0.1) is 0 Å². The number of carbonyl (C=O) groups excluding carboxylic acids is 3. The van der Waals surface area contributed by atoms with E-state index in [1.807, 2.05) is 0 Å². The standard InChI is InChI=1S/C22H27N3O6/c1-23-20(26)17(21(27)24(2)22(23)28)13-16-10-11-19(18(14-16)25(29)30)31-12-6-9-15-7-4-3-5-8-15/h10-11,13-15H,3-9,12H2,1-2H3. The van der Waals surface area contributed by atoms with E-state index in [0.29, 0.717) is 12.2 Å². The molecular formula is C22H27N3O6. The fourth-order valence-corrected chi connectivity index (χ4v) is 4.06. The zero-order valence-electron chi connectivity index (χ0n) is 17.8. The van der Waals surface area contributed by atoms with Gasteiger partial charge in [-0.1, -0.05) is 38.2 Å². The second-order valence-electron chi connectivity index (χ2n) is 8.05. The summed E-state index contributed by atoms with van der Waals surface area (Å²) in [6.07, 6.45) is 9.50. The molecule has 1 heterocycles. The number of carbonyl (C=O) groups is 3. The molecule has 0 atom stereocenters. The lowest BCUT2D eigenvalue weighted by atomic mass is 9.86. The molecule has 1 aromatic rings. The van der Waals surface area contributed by atoms with Crippen LogP contribution in [0.1, 0.15) is 50.5 Å². The van der Waals surface area contributed by atoms with Crippen molar-refractivity contribution in [3.8, 4) is 5.75 Å². The van der Waals surface area contributed by atoms with Gasteiger partial charge in [-0.05, 0) is 36.5 Å². The molecule has 1 saturated heterocycles. The van der Waals surface area contributed by atoms with E-state index in [-0.39, 0.29) is 17.0 Å². The average Bonchev–Trinajstić information content (AvgIpc) is 2.78. The van der Waals surface area contributed by atoms with E-state index in [1.165, 1.54) is 64.4 Å². The Morgan fingerprint density at radius 3 is 2.35 bits per heavy atom. The van der Waals surface area contributed by atoms with E-state index in [9.17, 15) is 24.5 Å². The van der Waals surface area contributed by atoms with E-state index in [4.69, 9.17) is 4.74 Å². The van der Waals surface area contributed by atoms with Gasteiger partial charge in [-0.25, -0.2) is 4.79 Å². The molecule has 1 aliphatic heterocycles. The van der Waals surface area contributed by atoms with E-state index in [2.05, 4.69) is 0 Å². The van der Waals surface area contributed by atoms with Gasteiger partial charge in [-0.3, -0.25) is 29.5 Å². The van der Waals surface area contributed by atoms with Crippen LogP contribution in [0.5, 0.6) is 5.75 Å². The van der Waals surface area contributed by atoms with Crippen molar-refractivity contribution in [2.75, 3.05) is 20.7 Å². The Kier molecular flexibility index (Phi) is 7.04. The summed E-state index contributed by atoms with van der Waals surface area (Å²) < 4.78 is 5.67. The second-order valence-corrected chi connectivity index (χ2v) is 8.05. The molecule has 2 aliphatic rings. The summed E-state index contributed by atoms with van der Waals surface area (Å²) in [5.74, 6) is -0.630. The fraction of sp³-hybridized carbons (Fsp3) is 0.500. The quantitative estimate of drug-likeness (QED) is 0.215. The second kappa shape index (κ2) is 9.72. The Labute approximate surface area is 180 Å². The zero-order chi connectivity index (χ0) is 22.5. The Morgan fingerprint density at radius 2 is 1.74 bits per heavy atom. The Balaban J connectivity index is 1.71. The number of imide groups is 2. The molecule has 9 nitrogen and oxygen atoms in total. The van der Waals surface area contributed by atoms with Gasteiger partial charge in [0.2, 0.25) is 0 Å². The molecule has 1 saturated carbocycles. The lowest BCUT2D eigenvalue weighted by Gasteiger charge is -2.28. The molecule has 0 radical (unpaired) electrons. The first kappa shape index (κ1) is 22.5. The van der Waals surface area contributed by atoms with Crippen molar-refractivity contribution >= 4 is 29.6 Å². The van der Waals surface area contributed by atoms with E-state index in [1.54, 1.807) is 6.07 Å². The highest BCUT2D eigenvalue weighted by Gasteiger charge is 2.37. The highest BCUT2D eigenvalue weighted by Crippen LogP contribution is 2.31. The Hall–Kier alpha value is -3.23. The van der Waals surface area contributed by atoms with Crippen LogP contribution in [0.15, 0.2) is 23.8 Å². The normalized spacial score (nSPS) is 17.9. The molecule has 4 amide bonds. The van der Waals surface area contributed by atoms with E-state index in [0.717, 1.165) is 28.6 Å². The number of nitro groups is 1. The lowest BCUT2D eigenvalue weighted by Crippen LogP contribution is -2.52. The maximum Gasteiger partial charge on any atom is 0.333 e. The predicted molar refractivity (Wildman–Crippen MR) is 113 cm³/mol. The smallest absolute Gasteiger partial charge is 0.333 e. The molecule has 9 heteroatoms. The van der Waals surface area contributed by atoms with Gasteiger partial charge in [0.15, 0.2) is 5.75 Å². The van der Waals surface area contributed by atoms with Crippen molar-refractivity contribution in [3.05, 3.63) is 39.4 Å². The molecule has 0 N–H and O–H groups in total. The van der Waals surface area contributed by atoms with Crippen LogP contribution in [0.25, 0.3) is 6.08 Å². The predicted octanol–water partition coefficient (Wildman–Crippen LogP) is 3.77. The number of ether oxygens (including phenoxy) is 1. The first-order valence-corrected chi connectivity index (χ1v) is 10.5. The number of nitrogens with zero attached hydrogens (tertiary/aromatic N) is 3. The molecule has 2 fully saturated rings. The monoisotopic (exact) mass is 429 g/mol. The van der Waals surface area contributed by atoms with Crippen LogP contribution in [0.3, 0.4) is 0 Å². The maximum absolute atomic E-state index is 12.3. The SMILES string of the molecule is CN1C(=O)C(=Cc2ccc(OCCCC3CCCCC3)c([N+](=O)[O-])c2)C(=O)N(C)C1=O. The molecule has 166 valence electrons. The molecule has 31 heavy (non-hydrogen) atoms. The van der Waals surface area contributed by atoms with Crippen LogP contribution in [0.2, 0.25) is 0 Å². The number of hydrogen-bond acceptors (Lipinski definition) is 6.